The van der Waals surface area contributed by atoms with Crippen molar-refractivity contribution in [2.75, 3.05) is 14.2 Å². The number of carbonyl (C=O) groups excluding carboxylic acids is 2. The molecule has 0 saturated heterocycles. The molecule has 1 aliphatic carbocycles. The van der Waals surface area contributed by atoms with Gasteiger partial charge >= 0.3 is 5.97 Å². The van der Waals surface area contributed by atoms with Crippen LogP contribution in [0.3, 0.4) is 0 Å². The maximum Gasteiger partial charge on any atom is 0.307 e. The Balaban J connectivity index is 2.15. The summed E-state index contributed by atoms with van der Waals surface area (Å²) in [4.78, 5) is 23.9. The molecule has 0 aromatic heterocycles. The van der Waals surface area contributed by atoms with Crippen LogP contribution in [0.15, 0.2) is 18.2 Å². The molecule has 0 amide bonds. The Kier molecular flexibility index (Phi) is 4.90. The Morgan fingerprint density at radius 3 is 2.62 bits per heavy atom. The quantitative estimate of drug-likeness (QED) is 0.613. The van der Waals surface area contributed by atoms with Crippen LogP contribution in [0, 0.1) is 5.82 Å². The van der Waals surface area contributed by atoms with Gasteiger partial charge in [0.15, 0.2) is 17.3 Å². The van der Waals surface area contributed by atoms with E-state index in [1.54, 1.807) is 0 Å². The normalized spacial score (nSPS) is 15.4. The summed E-state index contributed by atoms with van der Waals surface area (Å²) in [5.41, 5.74) is 0.204. The third kappa shape index (κ3) is 4.01. The number of methoxy groups -OCH3 is 2. The molecule has 5 nitrogen and oxygen atoms in total. The van der Waals surface area contributed by atoms with Gasteiger partial charge in [-0.3, -0.25) is 9.59 Å². The zero-order valence-electron chi connectivity index (χ0n) is 12.0. The summed E-state index contributed by atoms with van der Waals surface area (Å²) < 4.78 is 23.1. The lowest BCUT2D eigenvalue weighted by Gasteiger charge is -2.16. The molecule has 1 saturated carbocycles. The second kappa shape index (κ2) is 6.67. The summed E-state index contributed by atoms with van der Waals surface area (Å²) in [6, 6.07) is 3.56. The van der Waals surface area contributed by atoms with Crippen LogP contribution in [0.5, 0.6) is 5.75 Å². The van der Waals surface area contributed by atoms with Crippen molar-refractivity contribution in [1.29, 1.82) is 0 Å². The minimum absolute atomic E-state index is 0.0700. The van der Waals surface area contributed by atoms with E-state index in [0.717, 1.165) is 18.9 Å². The lowest BCUT2D eigenvalue weighted by molar-refractivity contribution is -0.140. The molecule has 1 atom stereocenters. The Morgan fingerprint density at radius 1 is 1.38 bits per heavy atom. The van der Waals surface area contributed by atoms with E-state index < -0.39 is 17.8 Å². The van der Waals surface area contributed by atoms with Crippen molar-refractivity contribution in [3.63, 3.8) is 0 Å². The highest BCUT2D eigenvalue weighted by atomic mass is 19.1. The average molecular weight is 295 g/mol. The zero-order valence-corrected chi connectivity index (χ0v) is 12.0. The zero-order chi connectivity index (χ0) is 15.4. The summed E-state index contributed by atoms with van der Waals surface area (Å²) in [5.74, 6) is -1.33. The van der Waals surface area contributed by atoms with Crippen LogP contribution in [-0.4, -0.2) is 38.1 Å². The first kappa shape index (κ1) is 15.4. The van der Waals surface area contributed by atoms with E-state index >= 15 is 0 Å². The largest absolute Gasteiger partial charge is 0.494 e. The maximum atomic E-state index is 13.7. The van der Waals surface area contributed by atoms with E-state index in [1.165, 1.54) is 26.4 Å². The fourth-order valence-electron chi connectivity index (χ4n) is 2.03. The monoisotopic (exact) mass is 295 g/mol. The first-order chi connectivity index (χ1) is 10.0. The fourth-order valence-corrected chi connectivity index (χ4v) is 2.03. The Bertz CT molecular complexity index is 542. The molecule has 0 bridgehead atoms. The Hall–Kier alpha value is -1.95. The predicted molar refractivity (Wildman–Crippen MR) is 73.9 cm³/mol. The number of hydrogen-bond donors (Lipinski definition) is 1. The van der Waals surface area contributed by atoms with Crippen molar-refractivity contribution < 1.29 is 23.5 Å². The molecular weight excluding hydrogens is 277 g/mol. The van der Waals surface area contributed by atoms with Crippen LogP contribution in [0.4, 0.5) is 4.39 Å². The second-order valence-corrected chi connectivity index (χ2v) is 4.99. The number of carbonyl (C=O) groups is 2. The van der Waals surface area contributed by atoms with Crippen LogP contribution in [0.2, 0.25) is 0 Å². The molecule has 1 fully saturated rings. The number of rotatable bonds is 7. The van der Waals surface area contributed by atoms with Crippen LogP contribution in [0.1, 0.15) is 29.6 Å². The standard InChI is InChI=1S/C15H18FNO4/c1-20-13-6-3-9(7-11(13)16)15(19)12(8-14(18)21-2)17-10-4-5-10/h3,6-7,10,12,17H,4-5,8H2,1-2H3. The molecule has 1 aromatic carbocycles. The van der Waals surface area contributed by atoms with E-state index in [0.29, 0.717) is 0 Å². The summed E-state index contributed by atoms with van der Waals surface area (Å²) in [6.45, 7) is 0. The van der Waals surface area contributed by atoms with Gasteiger partial charge < -0.3 is 14.8 Å². The third-order valence-electron chi connectivity index (χ3n) is 3.37. The molecule has 0 aliphatic heterocycles. The second-order valence-electron chi connectivity index (χ2n) is 4.99. The van der Waals surface area contributed by atoms with E-state index in [-0.39, 0.29) is 29.6 Å². The van der Waals surface area contributed by atoms with E-state index in [4.69, 9.17) is 4.74 Å². The average Bonchev–Trinajstić information content (AvgIpc) is 3.29. The summed E-state index contributed by atoms with van der Waals surface area (Å²) in [6.07, 6.45) is 1.88. The van der Waals surface area contributed by atoms with Gasteiger partial charge in [-0.15, -0.1) is 0 Å². The molecule has 2 rings (SSSR count). The molecule has 6 heteroatoms. The highest BCUT2D eigenvalue weighted by Gasteiger charge is 2.31. The third-order valence-corrected chi connectivity index (χ3v) is 3.37. The van der Waals surface area contributed by atoms with Crippen LogP contribution in [-0.2, 0) is 9.53 Å². The maximum absolute atomic E-state index is 13.7. The van der Waals surface area contributed by atoms with Crippen LogP contribution < -0.4 is 10.1 Å². The van der Waals surface area contributed by atoms with Crippen molar-refractivity contribution in [1.82, 2.24) is 5.32 Å². The van der Waals surface area contributed by atoms with Crippen LogP contribution in [0.25, 0.3) is 0 Å². The van der Waals surface area contributed by atoms with Crippen molar-refractivity contribution in [2.24, 2.45) is 0 Å². The number of ether oxygens (including phenoxy) is 2. The van der Waals surface area contributed by atoms with E-state index in [1.807, 2.05) is 0 Å². The summed E-state index contributed by atoms with van der Waals surface area (Å²) >= 11 is 0. The first-order valence-electron chi connectivity index (χ1n) is 6.75. The molecule has 114 valence electrons. The van der Waals surface area contributed by atoms with Crippen molar-refractivity contribution in [3.8, 4) is 5.75 Å². The molecule has 0 radical (unpaired) electrons. The fraction of sp³-hybridized carbons (Fsp3) is 0.467. The number of hydrogen-bond acceptors (Lipinski definition) is 5. The van der Waals surface area contributed by atoms with Gasteiger partial charge in [0.2, 0.25) is 0 Å². The van der Waals surface area contributed by atoms with E-state index in [9.17, 15) is 14.0 Å². The van der Waals surface area contributed by atoms with Crippen molar-refractivity contribution >= 4 is 11.8 Å². The Labute approximate surface area is 122 Å². The molecule has 21 heavy (non-hydrogen) atoms. The highest BCUT2D eigenvalue weighted by Crippen LogP contribution is 2.23. The van der Waals surface area contributed by atoms with Gasteiger partial charge in [0.05, 0.1) is 26.7 Å². The SMILES string of the molecule is COC(=O)CC(NC1CC1)C(=O)c1ccc(OC)c(F)c1. The van der Waals surface area contributed by atoms with Gasteiger partial charge in [-0.2, -0.15) is 0 Å². The molecule has 1 unspecified atom stereocenters. The number of esters is 1. The lowest BCUT2D eigenvalue weighted by atomic mass is 10.0. The molecule has 1 aliphatic rings. The van der Waals surface area contributed by atoms with Crippen LogP contribution >= 0.6 is 0 Å². The van der Waals surface area contributed by atoms with Crippen molar-refractivity contribution in [2.45, 2.75) is 31.3 Å². The van der Waals surface area contributed by atoms with Gasteiger partial charge in [0, 0.05) is 11.6 Å². The first-order valence-corrected chi connectivity index (χ1v) is 6.75. The van der Waals surface area contributed by atoms with Gasteiger partial charge in [0.25, 0.3) is 0 Å². The lowest BCUT2D eigenvalue weighted by Crippen LogP contribution is -2.40. The summed E-state index contributed by atoms with van der Waals surface area (Å²) in [5, 5.41) is 3.10. The summed E-state index contributed by atoms with van der Waals surface area (Å²) in [7, 11) is 2.63. The number of ketones is 1. The molecular formula is C15H18FNO4. The highest BCUT2D eigenvalue weighted by molar-refractivity contribution is 6.02. The van der Waals surface area contributed by atoms with Gasteiger partial charge in [-0.05, 0) is 31.0 Å². The number of benzene rings is 1. The number of nitrogens with one attached hydrogen (secondary N) is 1. The Morgan fingerprint density at radius 2 is 2.10 bits per heavy atom. The van der Waals surface area contributed by atoms with Crippen molar-refractivity contribution in [3.05, 3.63) is 29.6 Å². The smallest absolute Gasteiger partial charge is 0.307 e. The molecule has 0 spiro atoms. The molecule has 1 aromatic rings. The topological polar surface area (TPSA) is 64.6 Å². The molecule has 1 N–H and O–H groups in total. The minimum Gasteiger partial charge on any atom is -0.494 e. The van der Waals surface area contributed by atoms with Gasteiger partial charge in [0.1, 0.15) is 0 Å². The number of Topliss-reactive ketones (excluding diaryl/α,β-unsaturated/α-hetero) is 1. The van der Waals surface area contributed by atoms with Gasteiger partial charge in [-0.25, -0.2) is 4.39 Å². The molecule has 0 heterocycles. The van der Waals surface area contributed by atoms with Gasteiger partial charge in [-0.1, -0.05) is 0 Å². The minimum atomic E-state index is -0.697. The predicted octanol–water partition coefficient (Wildman–Crippen LogP) is 1.70. The number of halogens is 1. The van der Waals surface area contributed by atoms with E-state index in [2.05, 4.69) is 10.1 Å².